The number of rotatable bonds is 9. The van der Waals surface area contributed by atoms with E-state index in [9.17, 15) is 4.79 Å². The monoisotopic (exact) mass is 621 g/mol. The highest BCUT2D eigenvalue weighted by Crippen LogP contribution is 2.27. The fraction of sp³-hybridized carbons (Fsp3) is 0.357. The molecule has 2 heterocycles. The number of carboxylic acid groups (broad SMARTS) is 1. The predicted molar refractivity (Wildman–Crippen MR) is 164 cm³/mol. The zero-order chi connectivity index (χ0) is 28.8. The van der Waals surface area contributed by atoms with Crippen molar-refractivity contribution in [2.24, 2.45) is 0 Å². The maximum atomic E-state index is 11.1. The molecular weight excluding hydrogens is 586 g/mol. The largest absolute Gasteiger partial charge is 0.479 e. The minimum atomic E-state index is -0.985. The van der Waals surface area contributed by atoms with E-state index in [1.54, 1.807) is 30.4 Å². The number of halogens is 1. The summed E-state index contributed by atoms with van der Waals surface area (Å²) in [6.07, 6.45) is -1.42. The molecular formula is C28H36ClN5O5S2. The summed E-state index contributed by atoms with van der Waals surface area (Å²) in [4.78, 5) is 11.1. The summed E-state index contributed by atoms with van der Waals surface area (Å²) in [7, 11) is 0. The van der Waals surface area contributed by atoms with Gasteiger partial charge >= 0.3 is 5.97 Å². The third-order valence-corrected chi connectivity index (χ3v) is 6.76. The Morgan fingerprint density at radius 1 is 0.829 bits per heavy atom. The minimum absolute atomic E-state index is 0. The van der Waals surface area contributed by atoms with Gasteiger partial charge in [-0.15, -0.1) is 20.4 Å². The van der Waals surface area contributed by atoms with Crippen LogP contribution in [0.25, 0.3) is 21.1 Å². The molecule has 0 aliphatic rings. The van der Waals surface area contributed by atoms with Crippen LogP contribution in [0.3, 0.4) is 0 Å². The lowest BCUT2D eigenvalue weighted by atomic mass is 10.1. The molecule has 4 aromatic rings. The van der Waals surface area contributed by atoms with Crippen molar-refractivity contribution in [2.45, 2.75) is 54.8 Å². The number of aliphatic carboxylic acids is 1. The van der Waals surface area contributed by atoms with Gasteiger partial charge < -0.3 is 14.6 Å². The summed E-state index contributed by atoms with van der Waals surface area (Å²) in [5, 5.41) is 37.8. The number of carbonyl (C=O) groups is 1. The number of ether oxygens (including phenoxy) is 2. The number of benzene rings is 2. The van der Waals surface area contributed by atoms with Crippen LogP contribution >= 0.6 is 34.5 Å². The van der Waals surface area contributed by atoms with Crippen LogP contribution in [0, 0.1) is 25.2 Å². The van der Waals surface area contributed by atoms with Crippen LogP contribution in [0.1, 0.15) is 62.1 Å². The van der Waals surface area contributed by atoms with Gasteiger partial charge in [-0.1, -0.05) is 86.1 Å². The van der Waals surface area contributed by atoms with Crippen molar-refractivity contribution in [3.63, 3.8) is 0 Å². The average Bonchev–Trinajstić information content (AvgIpc) is 3.60. The number of aromatic nitrogens is 4. The van der Waals surface area contributed by atoms with Gasteiger partial charge in [-0.25, -0.2) is 4.79 Å². The summed E-state index contributed by atoms with van der Waals surface area (Å²) < 4.78 is 17.0. The number of nitriles is 1. The van der Waals surface area contributed by atoms with E-state index in [1.807, 2.05) is 57.2 Å². The molecule has 0 aliphatic carbocycles. The lowest BCUT2D eigenvalue weighted by Crippen LogP contribution is -2.15. The zero-order valence-corrected chi connectivity index (χ0v) is 24.1. The molecule has 0 fully saturated rings. The van der Waals surface area contributed by atoms with E-state index < -0.39 is 18.2 Å². The van der Waals surface area contributed by atoms with Crippen LogP contribution in [-0.2, 0) is 14.3 Å². The van der Waals surface area contributed by atoms with Gasteiger partial charge in [0.25, 0.3) is 0 Å². The smallest absolute Gasteiger partial charge is 0.337 e. The molecule has 2 unspecified atom stereocenters. The summed E-state index contributed by atoms with van der Waals surface area (Å²) in [6.45, 7) is 8.35. The Hall–Kier alpha value is -3.31. The van der Waals surface area contributed by atoms with E-state index in [0.717, 1.165) is 36.7 Å². The molecule has 2 aromatic carbocycles. The van der Waals surface area contributed by atoms with Gasteiger partial charge in [0.05, 0.1) is 17.9 Å². The summed E-state index contributed by atoms with van der Waals surface area (Å²) in [5.41, 5.74) is 3.43. The fourth-order valence-electron chi connectivity index (χ4n) is 3.28. The molecule has 10 nitrogen and oxygen atoms in total. The number of aryl methyl sites for hydroxylation is 2. The highest BCUT2D eigenvalue weighted by Gasteiger charge is 2.20. The standard InChI is InChI=1S/C13H13N3OS.C13H14N2O3S.2CH4.ClHO/c1-3-17-12(8-14)10-4-6-11(7-5-10)13-16-15-9(2)18-13;1-3-18-11(13(16)17)9-4-6-10(7-5-9)12-15-14-8(2)19-12;;;1-2/h4-7,12H,3H2,1-2H3;4-7,11H,3H2,1-2H3,(H,16,17);2*1H4;2H. The van der Waals surface area contributed by atoms with Crippen molar-refractivity contribution in [2.75, 3.05) is 13.2 Å². The predicted octanol–water partition coefficient (Wildman–Crippen LogP) is 7.20. The summed E-state index contributed by atoms with van der Waals surface area (Å²) in [6, 6.07) is 17.0. The molecule has 0 radical (unpaired) electrons. The summed E-state index contributed by atoms with van der Waals surface area (Å²) >= 11 is 6.69. The lowest BCUT2D eigenvalue weighted by Gasteiger charge is -2.12. The number of carboxylic acids is 1. The molecule has 2 aromatic heterocycles. The Balaban J connectivity index is 0.000000704. The Labute approximate surface area is 254 Å². The molecule has 2 N–H and O–H groups in total. The van der Waals surface area contributed by atoms with Crippen molar-refractivity contribution in [3.8, 4) is 27.2 Å². The molecule has 2 atom stereocenters. The molecule has 0 aliphatic heterocycles. The molecule has 0 saturated carbocycles. The third-order valence-electron chi connectivity index (χ3n) is 4.98. The van der Waals surface area contributed by atoms with Gasteiger partial charge in [-0.2, -0.15) is 5.26 Å². The molecule has 0 bridgehead atoms. The first kappa shape index (κ1) is 37.7. The highest BCUT2D eigenvalue weighted by atomic mass is 35.5. The number of hydrogen-bond acceptors (Lipinski definition) is 11. The van der Waals surface area contributed by atoms with E-state index in [1.165, 1.54) is 11.3 Å². The quantitative estimate of drug-likeness (QED) is 0.196. The lowest BCUT2D eigenvalue weighted by molar-refractivity contribution is -0.150. The van der Waals surface area contributed by atoms with Gasteiger partial charge in [-0.3, -0.25) is 4.66 Å². The molecule has 13 heteroatoms. The second kappa shape index (κ2) is 19.7. The van der Waals surface area contributed by atoms with Gasteiger partial charge in [0.15, 0.2) is 12.2 Å². The van der Waals surface area contributed by atoms with E-state index in [4.69, 9.17) is 24.5 Å². The van der Waals surface area contributed by atoms with Crippen molar-refractivity contribution in [3.05, 3.63) is 69.7 Å². The van der Waals surface area contributed by atoms with E-state index >= 15 is 0 Å². The van der Waals surface area contributed by atoms with Crippen LogP contribution in [0.15, 0.2) is 48.5 Å². The van der Waals surface area contributed by atoms with Crippen molar-refractivity contribution >= 4 is 40.5 Å². The van der Waals surface area contributed by atoms with Crippen LogP contribution in [-0.4, -0.2) is 49.3 Å². The number of nitrogens with zero attached hydrogens (tertiary/aromatic N) is 5. The van der Waals surface area contributed by atoms with Crippen LogP contribution < -0.4 is 0 Å². The highest BCUT2D eigenvalue weighted by molar-refractivity contribution is 7.14. The van der Waals surface area contributed by atoms with Gasteiger partial charge in [-0.05, 0) is 38.8 Å². The van der Waals surface area contributed by atoms with E-state index in [2.05, 4.69) is 38.3 Å². The average molecular weight is 622 g/mol. The second-order valence-electron chi connectivity index (χ2n) is 7.63. The SMILES string of the molecule is C.C.CCOC(C#N)c1ccc(-c2nnc(C)s2)cc1.CCOC(C(=O)O)c1ccc(-c2nnc(C)s2)cc1.OCl. The van der Waals surface area contributed by atoms with Crippen LogP contribution in [0.2, 0.25) is 0 Å². The van der Waals surface area contributed by atoms with Crippen molar-refractivity contribution in [1.29, 1.82) is 5.26 Å². The Morgan fingerprint density at radius 2 is 1.24 bits per heavy atom. The fourth-order valence-corrected chi connectivity index (χ4v) is 4.67. The molecule has 0 saturated heterocycles. The molecule has 0 amide bonds. The zero-order valence-electron chi connectivity index (χ0n) is 21.7. The second-order valence-corrected chi connectivity index (χ2v) is 10.00. The topological polar surface area (TPSA) is 151 Å². The molecule has 4 rings (SSSR count). The van der Waals surface area contributed by atoms with Crippen LogP contribution in [0.4, 0.5) is 0 Å². The maximum Gasteiger partial charge on any atom is 0.337 e. The first-order valence-corrected chi connectivity index (χ1v) is 13.7. The number of hydrogen-bond donors (Lipinski definition) is 2. The first-order valence-electron chi connectivity index (χ1n) is 11.7. The molecule has 0 spiro atoms. The van der Waals surface area contributed by atoms with Crippen molar-refractivity contribution < 1.29 is 24.0 Å². The minimum Gasteiger partial charge on any atom is -0.479 e. The van der Waals surface area contributed by atoms with E-state index in [-0.39, 0.29) is 14.9 Å². The third kappa shape index (κ3) is 11.2. The first-order chi connectivity index (χ1) is 18.9. The van der Waals surface area contributed by atoms with Gasteiger partial charge in [0.1, 0.15) is 20.0 Å². The summed E-state index contributed by atoms with van der Waals surface area (Å²) in [5.74, 6) is -0.985. The van der Waals surface area contributed by atoms with Crippen molar-refractivity contribution in [1.82, 2.24) is 20.4 Å². The van der Waals surface area contributed by atoms with Gasteiger partial charge in [0.2, 0.25) is 0 Å². The maximum absolute atomic E-state index is 11.1. The Morgan fingerprint density at radius 3 is 1.56 bits per heavy atom. The Bertz CT molecular complexity index is 1340. The van der Waals surface area contributed by atoms with E-state index in [0.29, 0.717) is 18.8 Å². The molecule has 41 heavy (non-hydrogen) atoms. The normalized spacial score (nSPS) is 11.1. The van der Waals surface area contributed by atoms with Crippen LogP contribution in [0.5, 0.6) is 0 Å². The van der Waals surface area contributed by atoms with Gasteiger partial charge in [0, 0.05) is 24.3 Å². The molecule has 222 valence electrons. The Kier molecular flexibility index (Phi) is 18.1.